The van der Waals surface area contributed by atoms with Gasteiger partial charge in [0.25, 0.3) is 0 Å². The molecular weight excluding hydrogens is 160 g/mol. The largest absolute Gasteiger partial charge is 0.303 e. The Kier molecular flexibility index (Phi) is 4.66. The van der Waals surface area contributed by atoms with Crippen molar-refractivity contribution in [2.45, 2.75) is 60.3 Å². The molecule has 0 aromatic carbocycles. The maximum absolute atomic E-state index is 10.2. The molecule has 1 heteroatoms. The fraction of sp³-hybridized carbons (Fsp3) is 0.917. The van der Waals surface area contributed by atoms with Crippen molar-refractivity contribution in [3.63, 3.8) is 0 Å². The standard InChI is InChI=1S/C12H24O/c1-11(2,3)10-12(4,5)8-6-7-9-13/h9H,6-8,10H2,1-5H3. The molecule has 0 heterocycles. The summed E-state index contributed by atoms with van der Waals surface area (Å²) in [6, 6.07) is 0. The fourth-order valence-electron chi connectivity index (χ4n) is 2.19. The minimum Gasteiger partial charge on any atom is -0.303 e. The van der Waals surface area contributed by atoms with Gasteiger partial charge in [-0.3, -0.25) is 0 Å². The Bertz CT molecular complexity index is 151. The van der Waals surface area contributed by atoms with Crippen molar-refractivity contribution in [3.05, 3.63) is 0 Å². The van der Waals surface area contributed by atoms with Crippen LogP contribution in [-0.4, -0.2) is 6.29 Å². The molecule has 0 rings (SSSR count). The molecule has 78 valence electrons. The van der Waals surface area contributed by atoms with Gasteiger partial charge in [-0.1, -0.05) is 34.6 Å². The summed E-state index contributed by atoms with van der Waals surface area (Å²) in [5.41, 5.74) is 0.770. The van der Waals surface area contributed by atoms with Crippen LogP contribution in [0.25, 0.3) is 0 Å². The second kappa shape index (κ2) is 4.78. The van der Waals surface area contributed by atoms with Crippen LogP contribution in [0.4, 0.5) is 0 Å². The lowest BCUT2D eigenvalue weighted by Crippen LogP contribution is -2.20. The number of hydrogen-bond acceptors (Lipinski definition) is 1. The van der Waals surface area contributed by atoms with Gasteiger partial charge in [-0.2, -0.15) is 0 Å². The summed E-state index contributed by atoms with van der Waals surface area (Å²) in [6.45, 7) is 11.4. The highest BCUT2D eigenvalue weighted by Crippen LogP contribution is 2.36. The summed E-state index contributed by atoms with van der Waals surface area (Å²) in [6.07, 6.45) is 5.15. The Balaban J connectivity index is 3.86. The summed E-state index contributed by atoms with van der Waals surface area (Å²) < 4.78 is 0. The molecular formula is C12H24O. The number of aldehydes is 1. The molecule has 0 aliphatic heterocycles. The average molecular weight is 184 g/mol. The monoisotopic (exact) mass is 184 g/mol. The molecule has 1 nitrogen and oxygen atoms in total. The predicted molar refractivity (Wildman–Crippen MR) is 57.8 cm³/mol. The molecule has 0 aromatic heterocycles. The van der Waals surface area contributed by atoms with Gasteiger partial charge < -0.3 is 4.79 Å². The van der Waals surface area contributed by atoms with E-state index in [1.807, 2.05) is 0 Å². The van der Waals surface area contributed by atoms with Gasteiger partial charge in [-0.05, 0) is 30.1 Å². The quantitative estimate of drug-likeness (QED) is 0.469. The maximum Gasteiger partial charge on any atom is 0.119 e. The molecule has 0 fully saturated rings. The maximum atomic E-state index is 10.2. The van der Waals surface area contributed by atoms with Gasteiger partial charge in [0, 0.05) is 6.42 Å². The van der Waals surface area contributed by atoms with Gasteiger partial charge in [0.1, 0.15) is 6.29 Å². The van der Waals surface area contributed by atoms with Crippen molar-refractivity contribution in [2.24, 2.45) is 10.8 Å². The highest BCUT2D eigenvalue weighted by molar-refractivity contribution is 5.48. The van der Waals surface area contributed by atoms with Gasteiger partial charge in [0.2, 0.25) is 0 Å². The SMILES string of the molecule is CC(C)(C)CC(C)(C)CCCC=O. The normalized spacial score (nSPS) is 13.0. The molecule has 0 atom stereocenters. The van der Waals surface area contributed by atoms with E-state index in [0.717, 1.165) is 19.1 Å². The van der Waals surface area contributed by atoms with Crippen LogP contribution in [0.3, 0.4) is 0 Å². The average Bonchev–Trinajstić information content (AvgIpc) is 1.81. The van der Waals surface area contributed by atoms with Crippen LogP contribution in [0.1, 0.15) is 60.3 Å². The van der Waals surface area contributed by atoms with Gasteiger partial charge in [-0.25, -0.2) is 0 Å². The molecule has 0 aliphatic carbocycles. The number of carbonyl (C=O) groups is 1. The molecule has 0 saturated carbocycles. The Morgan fingerprint density at radius 1 is 1.08 bits per heavy atom. The third-order valence-electron chi connectivity index (χ3n) is 2.18. The van der Waals surface area contributed by atoms with E-state index in [1.165, 1.54) is 6.42 Å². The zero-order chi connectivity index (χ0) is 10.5. The number of carbonyl (C=O) groups excluding carboxylic acids is 1. The smallest absolute Gasteiger partial charge is 0.119 e. The third kappa shape index (κ3) is 8.01. The van der Waals surface area contributed by atoms with Crippen molar-refractivity contribution in [1.82, 2.24) is 0 Å². The van der Waals surface area contributed by atoms with Crippen LogP contribution in [0.2, 0.25) is 0 Å². The van der Waals surface area contributed by atoms with Crippen molar-refractivity contribution in [2.75, 3.05) is 0 Å². The molecule has 0 bridgehead atoms. The van der Waals surface area contributed by atoms with Gasteiger partial charge in [0.05, 0.1) is 0 Å². The molecule has 0 unspecified atom stereocenters. The first-order chi connectivity index (χ1) is 5.77. The van der Waals surface area contributed by atoms with Gasteiger partial charge in [0.15, 0.2) is 0 Å². The predicted octanol–water partition coefficient (Wildman–Crippen LogP) is 3.82. The molecule has 0 aromatic rings. The van der Waals surface area contributed by atoms with Crippen LogP contribution < -0.4 is 0 Å². The van der Waals surface area contributed by atoms with Gasteiger partial charge in [-0.15, -0.1) is 0 Å². The fourth-order valence-corrected chi connectivity index (χ4v) is 2.19. The number of rotatable bonds is 5. The summed E-state index contributed by atoms with van der Waals surface area (Å²) in [5, 5.41) is 0. The molecule has 0 amide bonds. The first-order valence-electron chi connectivity index (χ1n) is 5.20. The molecule has 0 radical (unpaired) electrons. The van der Waals surface area contributed by atoms with Crippen molar-refractivity contribution in [1.29, 1.82) is 0 Å². The lowest BCUT2D eigenvalue weighted by atomic mass is 9.74. The first-order valence-corrected chi connectivity index (χ1v) is 5.20. The van der Waals surface area contributed by atoms with E-state index in [2.05, 4.69) is 34.6 Å². The Labute approximate surface area is 82.9 Å². The highest BCUT2D eigenvalue weighted by Gasteiger charge is 2.24. The zero-order valence-corrected chi connectivity index (χ0v) is 9.81. The van der Waals surface area contributed by atoms with Crippen LogP contribution in [-0.2, 0) is 4.79 Å². The molecule has 0 saturated heterocycles. The summed E-state index contributed by atoms with van der Waals surface area (Å²) in [5.74, 6) is 0. The minimum atomic E-state index is 0.376. The number of unbranched alkanes of at least 4 members (excludes halogenated alkanes) is 1. The highest BCUT2D eigenvalue weighted by atomic mass is 16.1. The third-order valence-corrected chi connectivity index (χ3v) is 2.18. The van der Waals surface area contributed by atoms with Crippen LogP contribution in [0, 0.1) is 10.8 Å². The summed E-state index contributed by atoms with van der Waals surface area (Å²) >= 11 is 0. The Morgan fingerprint density at radius 2 is 1.62 bits per heavy atom. The van der Waals surface area contributed by atoms with E-state index < -0.39 is 0 Å². The van der Waals surface area contributed by atoms with E-state index in [4.69, 9.17) is 0 Å². The Hall–Kier alpha value is -0.330. The lowest BCUT2D eigenvalue weighted by Gasteiger charge is -2.32. The Morgan fingerprint density at radius 3 is 2.00 bits per heavy atom. The minimum absolute atomic E-state index is 0.376. The van der Waals surface area contributed by atoms with E-state index in [1.54, 1.807) is 0 Å². The van der Waals surface area contributed by atoms with E-state index in [9.17, 15) is 4.79 Å². The molecule has 13 heavy (non-hydrogen) atoms. The second-order valence-corrected chi connectivity index (χ2v) is 5.96. The second-order valence-electron chi connectivity index (χ2n) is 5.96. The molecule has 0 N–H and O–H groups in total. The van der Waals surface area contributed by atoms with E-state index in [-0.39, 0.29) is 0 Å². The number of hydrogen-bond donors (Lipinski definition) is 0. The lowest BCUT2D eigenvalue weighted by molar-refractivity contribution is -0.108. The van der Waals surface area contributed by atoms with Crippen molar-refractivity contribution < 1.29 is 4.79 Å². The summed E-state index contributed by atoms with van der Waals surface area (Å²) in [4.78, 5) is 10.2. The van der Waals surface area contributed by atoms with Crippen LogP contribution >= 0.6 is 0 Å². The van der Waals surface area contributed by atoms with Gasteiger partial charge >= 0.3 is 0 Å². The van der Waals surface area contributed by atoms with Crippen LogP contribution in [0.5, 0.6) is 0 Å². The zero-order valence-electron chi connectivity index (χ0n) is 9.81. The molecule has 0 aliphatic rings. The summed E-state index contributed by atoms with van der Waals surface area (Å²) in [7, 11) is 0. The first kappa shape index (κ1) is 12.7. The topological polar surface area (TPSA) is 17.1 Å². The van der Waals surface area contributed by atoms with E-state index >= 15 is 0 Å². The van der Waals surface area contributed by atoms with E-state index in [0.29, 0.717) is 17.3 Å². The van der Waals surface area contributed by atoms with Crippen LogP contribution in [0.15, 0.2) is 0 Å². The van der Waals surface area contributed by atoms with Crippen molar-refractivity contribution >= 4 is 6.29 Å². The molecule has 0 spiro atoms. The van der Waals surface area contributed by atoms with Crippen molar-refractivity contribution in [3.8, 4) is 0 Å².